The topological polar surface area (TPSA) is 62.2 Å². The molecule has 2 N–H and O–H groups in total. The number of carboxylic acids is 1. The predicted molar refractivity (Wildman–Crippen MR) is 70.4 cm³/mol. The number of nitrogens with one attached hydrogen (secondary N) is 1. The van der Waals surface area contributed by atoms with Gasteiger partial charge in [0.15, 0.2) is 0 Å². The standard InChI is InChI=1S/C14H13FN2O2/c1-8-5-11(6-9(2)16-8)17-13-4-3-10(14(18)19)7-12(13)15/h3-7H,1-2H3,(H,16,17)(H,18,19). The smallest absolute Gasteiger partial charge is 0.335 e. The van der Waals surface area contributed by atoms with E-state index in [-0.39, 0.29) is 11.3 Å². The Balaban J connectivity index is 2.30. The quantitative estimate of drug-likeness (QED) is 0.889. The third-order valence-corrected chi connectivity index (χ3v) is 2.58. The van der Waals surface area contributed by atoms with Gasteiger partial charge in [0, 0.05) is 17.1 Å². The summed E-state index contributed by atoms with van der Waals surface area (Å²) in [5.41, 5.74) is 2.52. The number of hydrogen-bond donors (Lipinski definition) is 2. The van der Waals surface area contributed by atoms with Gasteiger partial charge in [-0.05, 0) is 44.2 Å². The Morgan fingerprint density at radius 3 is 2.37 bits per heavy atom. The van der Waals surface area contributed by atoms with Gasteiger partial charge in [-0.2, -0.15) is 0 Å². The van der Waals surface area contributed by atoms with Gasteiger partial charge in [-0.25, -0.2) is 9.18 Å². The van der Waals surface area contributed by atoms with Crippen molar-refractivity contribution in [2.75, 3.05) is 5.32 Å². The first-order chi connectivity index (χ1) is 8.95. The molecule has 1 aromatic heterocycles. The number of aromatic nitrogens is 1. The van der Waals surface area contributed by atoms with Crippen LogP contribution in [0.1, 0.15) is 21.7 Å². The molecule has 0 saturated heterocycles. The minimum absolute atomic E-state index is 0.0786. The zero-order valence-corrected chi connectivity index (χ0v) is 10.6. The van der Waals surface area contributed by atoms with E-state index in [1.807, 2.05) is 13.8 Å². The third kappa shape index (κ3) is 3.07. The molecule has 19 heavy (non-hydrogen) atoms. The molecule has 0 bridgehead atoms. The number of nitrogens with zero attached hydrogens (tertiary/aromatic N) is 1. The van der Waals surface area contributed by atoms with Crippen molar-refractivity contribution in [2.24, 2.45) is 0 Å². The summed E-state index contributed by atoms with van der Waals surface area (Å²) < 4.78 is 13.8. The molecule has 0 aliphatic rings. The Morgan fingerprint density at radius 1 is 1.21 bits per heavy atom. The highest BCUT2D eigenvalue weighted by Crippen LogP contribution is 2.22. The average molecular weight is 260 g/mol. The number of anilines is 2. The first-order valence-corrected chi connectivity index (χ1v) is 5.71. The van der Waals surface area contributed by atoms with E-state index in [0.717, 1.165) is 17.5 Å². The van der Waals surface area contributed by atoms with Crippen LogP contribution in [0.15, 0.2) is 30.3 Å². The molecule has 98 valence electrons. The molecule has 1 aromatic carbocycles. The van der Waals surface area contributed by atoms with Gasteiger partial charge in [0.05, 0.1) is 11.3 Å². The van der Waals surface area contributed by atoms with Crippen molar-refractivity contribution in [3.63, 3.8) is 0 Å². The number of aryl methyl sites for hydroxylation is 2. The van der Waals surface area contributed by atoms with Gasteiger partial charge in [-0.15, -0.1) is 0 Å². The maximum absolute atomic E-state index is 13.8. The first-order valence-electron chi connectivity index (χ1n) is 5.71. The second-order valence-electron chi connectivity index (χ2n) is 4.26. The van der Waals surface area contributed by atoms with Gasteiger partial charge >= 0.3 is 5.97 Å². The van der Waals surface area contributed by atoms with Crippen LogP contribution in [0.25, 0.3) is 0 Å². The van der Waals surface area contributed by atoms with Gasteiger partial charge < -0.3 is 10.4 Å². The van der Waals surface area contributed by atoms with E-state index in [2.05, 4.69) is 10.3 Å². The molecular formula is C14H13FN2O2. The summed E-state index contributed by atoms with van der Waals surface area (Å²) in [6.45, 7) is 3.70. The molecule has 0 amide bonds. The molecule has 0 atom stereocenters. The molecule has 4 nitrogen and oxygen atoms in total. The zero-order valence-electron chi connectivity index (χ0n) is 10.6. The molecule has 0 spiro atoms. The highest BCUT2D eigenvalue weighted by atomic mass is 19.1. The largest absolute Gasteiger partial charge is 0.478 e. The van der Waals surface area contributed by atoms with Crippen LogP contribution in [0.5, 0.6) is 0 Å². The van der Waals surface area contributed by atoms with Crippen LogP contribution in [0.4, 0.5) is 15.8 Å². The molecular weight excluding hydrogens is 247 g/mol. The van der Waals surface area contributed by atoms with E-state index in [1.54, 1.807) is 12.1 Å². The molecule has 0 saturated carbocycles. The number of aromatic carboxylic acids is 1. The lowest BCUT2D eigenvalue weighted by Crippen LogP contribution is -2.00. The molecule has 0 aliphatic carbocycles. The Hall–Kier alpha value is -2.43. The molecule has 0 radical (unpaired) electrons. The normalized spacial score (nSPS) is 10.3. The summed E-state index contributed by atoms with van der Waals surface area (Å²) in [5.74, 6) is -1.76. The van der Waals surface area contributed by atoms with Gasteiger partial charge in [-0.1, -0.05) is 0 Å². The number of rotatable bonds is 3. The Labute approximate surface area is 109 Å². The van der Waals surface area contributed by atoms with Crippen molar-refractivity contribution >= 4 is 17.3 Å². The number of halogens is 1. The average Bonchev–Trinajstić information content (AvgIpc) is 2.30. The molecule has 1 heterocycles. The fraction of sp³-hybridized carbons (Fsp3) is 0.143. The molecule has 2 rings (SSSR count). The van der Waals surface area contributed by atoms with Crippen molar-refractivity contribution in [2.45, 2.75) is 13.8 Å². The lowest BCUT2D eigenvalue weighted by molar-refractivity contribution is 0.0696. The highest BCUT2D eigenvalue weighted by Gasteiger charge is 2.08. The number of carbonyl (C=O) groups is 1. The molecule has 0 aliphatic heterocycles. The highest BCUT2D eigenvalue weighted by molar-refractivity contribution is 5.88. The Bertz CT molecular complexity index is 621. The monoisotopic (exact) mass is 260 g/mol. The summed E-state index contributed by atoms with van der Waals surface area (Å²) in [6.07, 6.45) is 0. The van der Waals surface area contributed by atoms with Gasteiger partial charge in [0.2, 0.25) is 0 Å². The van der Waals surface area contributed by atoms with Crippen molar-refractivity contribution in [1.82, 2.24) is 4.98 Å². The Kier molecular flexibility index (Phi) is 3.46. The van der Waals surface area contributed by atoms with Crippen LogP contribution in [-0.4, -0.2) is 16.1 Å². The second kappa shape index (κ2) is 5.06. The SMILES string of the molecule is Cc1cc(Nc2ccc(C(=O)O)cc2F)cc(C)n1. The lowest BCUT2D eigenvalue weighted by atomic mass is 10.2. The van der Waals surface area contributed by atoms with Crippen LogP contribution < -0.4 is 5.32 Å². The van der Waals surface area contributed by atoms with Crippen LogP contribution in [0.3, 0.4) is 0 Å². The summed E-state index contributed by atoms with van der Waals surface area (Å²) in [7, 11) is 0. The van der Waals surface area contributed by atoms with Crippen LogP contribution in [0, 0.1) is 19.7 Å². The van der Waals surface area contributed by atoms with E-state index in [1.165, 1.54) is 12.1 Å². The summed E-state index contributed by atoms with van der Waals surface area (Å²) in [6, 6.07) is 7.33. The van der Waals surface area contributed by atoms with Gasteiger partial charge in [-0.3, -0.25) is 4.98 Å². The second-order valence-corrected chi connectivity index (χ2v) is 4.26. The van der Waals surface area contributed by atoms with Gasteiger partial charge in [0.1, 0.15) is 5.82 Å². The summed E-state index contributed by atoms with van der Waals surface area (Å²) >= 11 is 0. The minimum Gasteiger partial charge on any atom is -0.478 e. The van der Waals surface area contributed by atoms with Crippen molar-refractivity contribution < 1.29 is 14.3 Å². The number of hydrogen-bond acceptors (Lipinski definition) is 3. The van der Waals surface area contributed by atoms with Crippen LogP contribution in [-0.2, 0) is 0 Å². The summed E-state index contributed by atoms with van der Waals surface area (Å²) in [5, 5.41) is 11.7. The van der Waals surface area contributed by atoms with Crippen LogP contribution >= 0.6 is 0 Å². The van der Waals surface area contributed by atoms with E-state index in [9.17, 15) is 9.18 Å². The van der Waals surface area contributed by atoms with E-state index < -0.39 is 11.8 Å². The van der Waals surface area contributed by atoms with Crippen molar-refractivity contribution in [3.8, 4) is 0 Å². The molecule has 0 fully saturated rings. The van der Waals surface area contributed by atoms with Crippen molar-refractivity contribution in [3.05, 3.63) is 53.1 Å². The number of pyridine rings is 1. The first kappa shape index (κ1) is 13.0. The molecule has 5 heteroatoms. The molecule has 2 aromatic rings. The maximum atomic E-state index is 13.8. The fourth-order valence-electron chi connectivity index (χ4n) is 1.81. The predicted octanol–water partition coefficient (Wildman–Crippen LogP) is 3.28. The lowest BCUT2D eigenvalue weighted by Gasteiger charge is -2.09. The Morgan fingerprint density at radius 2 is 1.84 bits per heavy atom. The van der Waals surface area contributed by atoms with E-state index in [0.29, 0.717) is 5.69 Å². The van der Waals surface area contributed by atoms with Crippen molar-refractivity contribution in [1.29, 1.82) is 0 Å². The summed E-state index contributed by atoms with van der Waals surface area (Å²) in [4.78, 5) is 14.9. The van der Waals surface area contributed by atoms with E-state index >= 15 is 0 Å². The van der Waals surface area contributed by atoms with E-state index in [4.69, 9.17) is 5.11 Å². The van der Waals surface area contributed by atoms with Gasteiger partial charge in [0.25, 0.3) is 0 Å². The number of carboxylic acid groups (broad SMARTS) is 1. The minimum atomic E-state index is -1.15. The third-order valence-electron chi connectivity index (χ3n) is 2.58. The fourth-order valence-corrected chi connectivity index (χ4v) is 1.81. The number of benzene rings is 1. The maximum Gasteiger partial charge on any atom is 0.335 e. The molecule has 0 unspecified atom stereocenters. The van der Waals surface area contributed by atoms with Crippen LogP contribution in [0.2, 0.25) is 0 Å². The zero-order chi connectivity index (χ0) is 14.0.